The Morgan fingerprint density at radius 1 is 1.25 bits per heavy atom. The van der Waals surface area contributed by atoms with E-state index in [1.165, 1.54) is 17.4 Å². The van der Waals surface area contributed by atoms with Crippen molar-refractivity contribution >= 4 is 27.3 Å². The first kappa shape index (κ1) is 15.5. The first-order chi connectivity index (χ1) is 9.32. The van der Waals surface area contributed by atoms with Gasteiger partial charge in [0.05, 0.1) is 5.56 Å². The molecule has 2 aromatic rings. The number of hydrogen-bond acceptors (Lipinski definition) is 2. The van der Waals surface area contributed by atoms with Gasteiger partial charge in [-0.25, -0.2) is 0 Å². The molecular weight excluding hydrogens is 351 g/mol. The predicted octanol–water partition coefficient (Wildman–Crippen LogP) is 5.61. The molecule has 1 nitrogen and oxygen atoms in total. The maximum absolute atomic E-state index is 12.8. The van der Waals surface area contributed by atoms with E-state index in [1.807, 2.05) is 19.1 Å². The normalized spacial score (nSPS) is 13.5. The number of hydrogen-bond donors (Lipinski definition) is 1. The number of benzene rings is 1. The Balaban J connectivity index is 2.44. The molecule has 2 rings (SSSR count). The maximum atomic E-state index is 12.8. The minimum atomic E-state index is -4.34. The second-order valence-electron chi connectivity index (χ2n) is 4.41. The predicted molar refractivity (Wildman–Crippen MR) is 79.7 cm³/mol. The van der Waals surface area contributed by atoms with Crippen molar-refractivity contribution in [2.75, 3.05) is 0 Å². The van der Waals surface area contributed by atoms with Gasteiger partial charge in [-0.1, -0.05) is 22.9 Å². The van der Waals surface area contributed by atoms with E-state index in [1.54, 1.807) is 0 Å². The lowest BCUT2D eigenvalue weighted by Gasteiger charge is -2.10. The molecule has 1 heterocycles. The second-order valence-corrected chi connectivity index (χ2v) is 6.38. The van der Waals surface area contributed by atoms with E-state index in [0.29, 0.717) is 10.0 Å². The summed E-state index contributed by atoms with van der Waals surface area (Å²) in [5, 5.41) is 0. The molecule has 0 aliphatic carbocycles. The molecule has 0 aliphatic rings. The summed E-state index contributed by atoms with van der Waals surface area (Å²) in [6.45, 7) is 1.98. The Morgan fingerprint density at radius 3 is 2.55 bits per heavy atom. The molecule has 1 unspecified atom stereocenters. The number of nitrogens with two attached hydrogens (primary N) is 1. The number of rotatable bonds is 3. The van der Waals surface area contributed by atoms with E-state index in [4.69, 9.17) is 5.73 Å². The van der Waals surface area contributed by atoms with Gasteiger partial charge in [0.15, 0.2) is 0 Å². The van der Waals surface area contributed by atoms with Crippen molar-refractivity contribution in [2.24, 2.45) is 5.73 Å². The van der Waals surface area contributed by atoms with Crippen LogP contribution in [0.25, 0.3) is 10.4 Å². The van der Waals surface area contributed by atoms with Gasteiger partial charge < -0.3 is 5.73 Å². The van der Waals surface area contributed by atoms with Gasteiger partial charge >= 0.3 is 6.18 Å². The molecule has 6 heteroatoms. The van der Waals surface area contributed by atoms with E-state index < -0.39 is 11.7 Å². The van der Waals surface area contributed by atoms with Crippen LogP contribution < -0.4 is 5.73 Å². The lowest BCUT2D eigenvalue weighted by Crippen LogP contribution is -2.05. The molecule has 0 amide bonds. The molecule has 108 valence electrons. The van der Waals surface area contributed by atoms with Crippen molar-refractivity contribution < 1.29 is 13.2 Å². The van der Waals surface area contributed by atoms with E-state index in [2.05, 4.69) is 15.9 Å². The molecule has 0 saturated carbocycles. The van der Waals surface area contributed by atoms with Crippen molar-refractivity contribution in [3.05, 3.63) is 45.2 Å². The summed E-state index contributed by atoms with van der Waals surface area (Å²) in [7, 11) is 0. The van der Waals surface area contributed by atoms with Crippen LogP contribution in [-0.4, -0.2) is 0 Å². The van der Waals surface area contributed by atoms with Crippen LogP contribution in [0.4, 0.5) is 13.2 Å². The van der Waals surface area contributed by atoms with Crippen LogP contribution in [0.15, 0.2) is 34.8 Å². The molecule has 0 radical (unpaired) electrons. The van der Waals surface area contributed by atoms with E-state index in [9.17, 15) is 13.2 Å². The van der Waals surface area contributed by atoms with Crippen molar-refractivity contribution in [3.63, 3.8) is 0 Å². The Labute approximate surface area is 127 Å². The number of alkyl halides is 3. The lowest BCUT2D eigenvalue weighted by molar-refractivity contribution is -0.137. The maximum Gasteiger partial charge on any atom is 0.416 e. The Hall–Kier alpha value is -0.850. The molecule has 1 atom stereocenters. The average Bonchev–Trinajstić information content (AvgIpc) is 2.86. The highest BCUT2D eigenvalue weighted by Crippen LogP contribution is 2.39. The van der Waals surface area contributed by atoms with Gasteiger partial charge in [-0.05, 0) is 36.8 Å². The summed E-state index contributed by atoms with van der Waals surface area (Å²) in [4.78, 5) is 1.76. The third-order valence-electron chi connectivity index (χ3n) is 2.99. The molecule has 2 N–H and O–H groups in total. The minimum Gasteiger partial charge on any atom is -0.323 e. The second kappa shape index (κ2) is 5.87. The van der Waals surface area contributed by atoms with E-state index in [-0.39, 0.29) is 6.04 Å². The Kier molecular flexibility index (Phi) is 4.56. The fraction of sp³-hybridized carbons (Fsp3) is 0.286. The van der Waals surface area contributed by atoms with Gasteiger partial charge in [-0.3, -0.25) is 0 Å². The number of thiophene rings is 1. The number of halogens is 4. The third kappa shape index (κ3) is 3.24. The third-order valence-corrected chi connectivity index (χ3v) is 4.93. The fourth-order valence-electron chi connectivity index (χ4n) is 1.79. The van der Waals surface area contributed by atoms with Gasteiger partial charge in [0.1, 0.15) is 0 Å². The molecule has 20 heavy (non-hydrogen) atoms. The molecule has 0 bridgehead atoms. The molecule has 0 fully saturated rings. The Morgan fingerprint density at radius 2 is 1.95 bits per heavy atom. The highest BCUT2D eigenvalue weighted by molar-refractivity contribution is 9.10. The molecule has 0 spiro atoms. The summed E-state index contributed by atoms with van der Waals surface area (Å²) < 4.78 is 39.0. The zero-order valence-corrected chi connectivity index (χ0v) is 13.1. The van der Waals surface area contributed by atoms with Gasteiger partial charge in [-0.15, -0.1) is 11.3 Å². The van der Waals surface area contributed by atoms with Crippen LogP contribution in [0.3, 0.4) is 0 Å². The van der Waals surface area contributed by atoms with E-state index >= 15 is 0 Å². The van der Waals surface area contributed by atoms with Crippen LogP contribution >= 0.6 is 27.3 Å². The van der Waals surface area contributed by atoms with Crippen molar-refractivity contribution in [3.8, 4) is 10.4 Å². The quantitative estimate of drug-likeness (QED) is 0.753. The fourth-order valence-corrected chi connectivity index (χ4v) is 3.50. The Bertz CT molecular complexity index is 607. The molecular formula is C14H13BrF3NS. The van der Waals surface area contributed by atoms with Crippen LogP contribution in [0.5, 0.6) is 0 Å². The molecule has 1 aromatic heterocycles. The molecule has 1 aromatic carbocycles. The van der Waals surface area contributed by atoms with Crippen molar-refractivity contribution in [1.29, 1.82) is 0 Å². The van der Waals surface area contributed by atoms with Crippen LogP contribution in [0.1, 0.15) is 29.8 Å². The first-order valence-corrected chi connectivity index (χ1v) is 7.66. The topological polar surface area (TPSA) is 26.0 Å². The monoisotopic (exact) mass is 363 g/mol. The lowest BCUT2D eigenvalue weighted by atomic mass is 10.1. The molecule has 0 aliphatic heterocycles. The van der Waals surface area contributed by atoms with Gasteiger partial charge in [0.25, 0.3) is 0 Å². The van der Waals surface area contributed by atoms with Gasteiger partial charge in [0, 0.05) is 25.8 Å². The largest absolute Gasteiger partial charge is 0.416 e. The standard InChI is InChI=1S/C14H13BrF3NS/c1-2-11(19)13-6-5-12(20-13)9-7-8(14(16,17)18)3-4-10(9)15/h3-7,11H,2,19H2,1H3. The van der Waals surface area contributed by atoms with Crippen LogP contribution in [-0.2, 0) is 6.18 Å². The summed E-state index contributed by atoms with van der Waals surface area (Å²) >= 11 is 4.74. The van der Waals surface area contributed by atoms with Crippen molar-refractivity contribution in [1.82, 2.24) is 0 Å². The van der Waals surface area contributed by atoms with Gasteiger partial charge in [-0.2, -0.15) is 13.2 Å². The summed E-state index contributed by atoms with van der Waals surface area (Å²) in [6.07, 6.45) is -3.54. The molecule has 0 saturated heterocycles. The zero-order chi connectivity index (χ0) is 14.9. The highest BCUT2D eigenvalue weighted by Gasteiger charge is 2.31. The summed E-state index contributed by atoms with van der Waals surface area (Å²) in [6, 6.07) is 7.28. The SMILES string of the molecule is CCC(N)c1ccc(-c2cc(C(F)(F)F)ccc2Br)s1. The van der Waals surface area contributed by atoms with Crippen molar-refractivity contribution in [2.45, 2.75) is 25.6 Å². The summed E-state index contributed by atoms with van der Waals surface area (Å²) in [5.74, 6) is 0. The van der Waals surface area contributed by atoms with Gasteiger partial charge in [0.2, 0.25) is 0 Å². The highest BCUT2D eigenvalue weighted by atomic mass is 79.9. The smallest absolute Gasteiger partial charge is 0.323 e. The van der Waals surface area contributed by atoms with Crippen LogP contribution in [0, 0.1) is 0 Å². The zero-order valence-electron chi connectivity index (χ0n) is 10.7. The van der Waals surface area contributed by atoms with Crippen LogP contribution in [0.2, 0.25) is 0 Å². The summed E-state index contributed by atoms with van der Waals surface area (Å²) in [5.41, 5.74) is 5.83. The minimum absolute atomic E-state index is 0.0710. The van der Waals surface area contributed by atoms with E-state index in [0.717, 1.165) is 28.3 Å². The average molecular weight is 364 g/mol. The first-order valence-electron chi connectivity index (χ1n) is 6.05.